The Bertz CT molecular complexity index is 1250. The van der Waals surface area contributed by atoms with Crippen LogP contribution in [0.5, 0.6) is 11.5 Å². The number of methoxy groups -OCH3 is 1. The van der Waals surface area contributed by atoms with Crippen molar-refractivity contribution in [1.82, 2.24) is 20.8 Å². The molecule has 3 aromatic rings. The molecule has 0 radical (unpaired) electrons. The van der Waals surface area contributed by atoms with Crippen molar-refractivity contribution in [3.05, 3.63) is 50.4 Å². The molecule has 0 unspecified atom stereocenters. The first-order valence-electron chi connectivity index (χ1n) is 10.9. The van der Waals surface area contributed by atoms with Gasteiger partial charge in [0.1, 0.15) is 10.7 Å². The van der Waals surface area contributed by atoms with Crippen molar-refractivity contribution in [3.63, 3.8) is 0 Å². The van der Waals surface area contributed by atoms with Crippen LogP contribution in [0.2, 0.25) is 0 Å². The number of aromatic amines is 1. The minimum atomic E-state index is -0.484. The lowest BCUT2D eigenvalue weighted by Gasteiger charge is -2.11. The second-order valence-corrected chi connectivity index (χ2v) is 8.79. The number of carbonyl (C=O) groups excluding carboxylic acids is 2. The smallest absolute Gasteiger partial charge is 0.269 e. The summed E-state index contributed by atoms with van der Waals surface area (Å²) in [4.78, 5) is 46.6. The molecule has 0 saturated heterocycles. The molecule has 1 aliphatic carbocycles. The Hall–Kier alpha value is -3.40. The van der Waals surface area contributed by atoms with E-state index in [-0.39, 0.29) is 18.4 Å². The van der Waals surface area contributed by atoms with Gasteiger partial charge in [0, 0.05) is 23.3 Å². The zero-order valence-electron chi connectivity index (χ0n) is 18.6. The van der Waals surface area contributed by atoms with Gasteiger partial charge in [-0.2, -0.15) is 0 Å². The van der Waals surface area contributed by atoms with Gasteiger partial charge < -0.3 is 14.5 Å². The van der Waals surface area contributed by atoms with Crippen LogP contribution in [-0.4, -0.2) is 35.5 Å². The van der Waals surface area contributed by atoms with Crippen molar-refractivity contribution >= 4 is 33.4 Å². The predicted octanol–water partition coefficient (Wildman–Crippen LogP) is 2.66. The number of nitrogens with one attached hydrogen (secondary N) is 3. The van der Waals surface area contributed by atoms with Crippen LogP contribution in [0.4, 0.5) is 0 Å². The fraction of sp³-hybridized carbons (Fsp3) is 0.391. The molecular formula is C23H26N4O5S. The Morgan fingerprint density at radius 3 is 2.79 bits per heavy atom. The third kappa shape index (κ3) is 5.00. The summed E-state index contributed by atoms with van der Waals surface area (Å²) in [6, 6.07) is 4.76. The number of hydrogen-bond donors (Lipinski definition) is 3. The normalized spacial score (nSPS) is 12.8. The van der Waals surface area contributed by atoms with Gasteiger partial charge in [-0.25, -0.2) is 4.98 Å². The number of nitrogens with zero attached hydrogens (tertiary/aromatic N) is 1. The quantitative estimate of drug-likeness (QED) is 0.457. The summed E-state index contributed by atoms with van der Waals surface area (Å²) in [5, 5.41) is 0.695. The van der Waals surface area contributed by atoms with Gasteiger partial charge in [0.05, 0.1) is 19.1 Å². The van der Waals surface area contributed by atoms with E-state index in [2.05, 4.69) is 20.8 Å². The van der Waals surface area contributed by atoms with Gasteiger partial charge in [0.15, 0.2) is 11.5 Å². The summed E-state index contributed by atoms with van der Waals surface area (Å²) in [5.41, 5.74) is 6.08. The lowest BCUT2D eigenvalue weighted by atomic mass is 9.97. The van der Waals surface area contributed by atoms with Crippen molar-refractivity contribution in [2.45, 2.75) is 45.4 Å². The van der Waals surface area contributed by atoms with Gasteiger partial charge in [-0.3, -0.25) is 25.2 Å². The SMILES string of the molecule is CCOc1ccc(C(=O)NNC(=O)CCc2nc3sc4c(c3c(=O)[nH]2)CCCC4)cc1OC. The molecule has 174 valence electrons. The Morgan fingerprint density at radius 2 is 2.00 bits per heavy atom. The Balaban J connectivity index is 1.34. The second-order valence-electron chi connectivity index (χ2n) is 7.70. The number of carbonyl (C=O) groups is 2. The number of H-pyrrole nitrogens is 1. The van der Waals surface area contributed by atoms with Gasteiger partial charge >= 0.3 is 0 Å². The number of hydrogen-bond acceptors (Lipinski definition) is 7. The summed E-state index contributed by atoms with van der Waals surface area (Å²) in [6.45, 7) is 2.33. The standard InChI is InChI=1S/C23H26N4O5S/c1-3-32-15-9-8-13(12-16(15)31-2)21(29)27-26-19(28)11-10-18-24-22(30)20-14-6-4-5-7-17(14)33-23(20)25-18/h8-9,12H,3-7,10-11H2,1-2H3,(H,26,28)(H,27,29)(H,24,25,30). The predicted molar refractivity (Wildman–Crippen MR) is 125 cm³/mol. The van der Waals surface area contributed by atoms with Crippen molar-refractivity contribution < 1.29 is 19.1 Å². The molecule has 0 atom stereocenters. The number of ether oxygens (including phenoxy) is 2. The molecule has 0 aliphatic heterocycles. The van der Waals surface area contributed by atoms with Gasteiger partial charge in [-0.15, -0.1) is 11.3 Å². The fourth-order valence-electron chi connectivity index (χ4n) is 3.90. The first-order valence-corrected chi connectivity index (χ1v) is 11.7. The van der Waals surface area contributed by atoms with Crippen LogP contribution in [-0.2, 0) is 24.1 Å². The molecule has 0 bridgehead atoms. The van der Waals surface area contributed by atoms with Gasteiger partial charge in [-0.05, 0) is 56.4 Å². The minimum absolute atomic E-state index is 0.0619. The summed E-state index contributed by atoms with van der Waals surface area (Å²) >= 11 is 1.57. The number of fused-ring (bicyclic) bond motifs is 3. The number of rotatable bonds is 7. The number of aryl methyl sites for hydroxylation is 3. The maximum atomic E-state index is 12.6. The molecule has 1 aromatic carbocycles. The van der Waals surface area contributed by atoms with Crippen LogP contribution in [0, 0.1) is 0 Å². The summed E-state index contributed by atoms with van der Waals surface area (Å²) < 4.78 is 10.7. The van der Waals surface area contributed by atoms with Gasteiger partial charge in [0.25, 0.3) is 11.5 Å². The van der Waals surface area contributed by atoms with Crippen LogP contribution in [0.25, 0.3) is 10.2 Å². The molecule has 0 spiro atoms. The van der Waals surface area contributed by atoms with E-state index in [1.165, 1.54) is 18.1 Å². The highest BCUT2D eigenvalue weighted by atomic mass is 32.1. The topological polar surface area (TPSA) is 122 Å². The van der Waals surface area contributed by atoms with E-state index in [1.54, 1.807) is 23.5 Å². The molecule has 10 heteroatoms. The van der Waals surface area contributed by atoms with E-state index in [0.717, 1.165) is 36.1 Å². The average Bonchev–Trinajstić information content (AvgIpc) is 3.20. The zero-order valence-corrected chi connectivity index (χ0v) is 19.4. The molecule has 33 heavy (non-hydrogen) atoms. The summed E-state index contributed by atoms with van der Waals surface area (Å²) in [7, 11) is 1.49. The number of benzene rings is 1. The van der Waals surface area contributed by atoms with Crippen molar-refractivity contribution in [2.24, 2.45) is 0 Å². The second kappa shape index (κ2) is 10.0. The van der Waals surface area contributed by atoms with E-state index in [1.807, 2.05) is 6.92 Å². The molecule has 1 aliphatic rings. The molecule has 2 heterocycles. The fourth-order valence-corrected chi connectivity index (χ4v) is 5.18. The lowest BCUT2D eigenvalue weighted by Crippen LogP contribution is -2.41. The van der Waals surface area contributed by atoms with E-state index < -0.39 is 11.8 Å². The van der Waals surface area contributed by atoms with E-state index in [9.17, 15) is 14.4 Å². The highest BCUT2D eigenvalue weighted by Gasteiger charge is 2.20. The number of thiophene rings is 1. The molecular weight excluding hydrogens is 444 g/mol. The van der Waals surface area contributed by atoms with E-state index in [4.69, 9.17) is 9.47 Å². The largest absolute Gasteiger partial charge is 0.493 e. The molecule has 4 rings (SSSR count). The number of aromatic nitrogens is 2. The van der Waals surface area contributed by atoms with Crippen LogP contribution in [0.3, 0.4) is 0 Å². The first kappa shape index (κ1) is 22.8. The maximum Gasteiger partial charge on any atom is 0.269 e. The highest BCUT2D eigenvalue weighted by molar-refractivity contribution is 7.18. The third-order valence-electron chi connectivity index (χ3n) is 5.50. The van der Waals surface area contributed by atoms with Crippen molar-refractivity contribution in [3.8, 4) is 11.5 Å². The highest BCUT2D eigenvalue weighted by Crippen LogP contribution is 2.33. The zero-order chi connectivity index (χ0) is 23.4. The van der Waals surface area contributed by atoms with Gasteiger partial charge in [0.2, 0.25) is 5.91 Å². The maximum absolute atomic E-state index is 12.6. The van der Waals surface area contributed by atoms with Crippen LogP contribution in [0.15, 0.2) is 23.0 Å². The van der Waals surface area contributed by atoms with Crippen molar-refractivity contribution in [1.29, 1.82) is 0 Å². The van der Waals surface area contributed by atoms with Gasteiger partial charge in [-0.1, -0.05) is 0 Å². The van der Waals surface area contributed by atoms with E-state index in [0.29, 0.717) is 34.9 Å². The molecule has 2 amide bonds. The Kier molecular flexibility index (Phi) is 6.93. The van der Waals surface area contributed by atoms with Crippen LogP contribution in [0.1, 0.15) is 52.8 Å². The summed E-state index contributed by atoms with van der Waals surface area (Å²) in [6.07, 6.45) is 4.46. The molecule has 0 saturated carbocycles. The van der Waals surface area contributed by atoms with E-state index >= 15 is 0 Å². The Morgan fingerprint density at radius 1 is 1.18 bits per heavy atom. The summed E-state index contributed by atoms with van der Waals surface area (Å²) in [5.74, 6) is 0.544. The molecule has 9 nitrogen and oxygen atoms in total. The Labute approximate surface area is 194 Å². The third-order valence-corrected chi connectivity index (χ3v) is 6.69. The monoisotopic (exact) mass is 470 g/mol. The average molecular weight is 471 g/mol. The first-order chi connectivity index (χ1) is 16.0. The number of hydrazine groups is 1. The van der Waals surface area contributed by atoms with Crippen LogP contribution < -0.4 is 25.9 Å². The lowest BCUT2D eigenvalue weighted by molar-refractivity contribution is -0.121. The molecule has 3 N–H and O–H groups in total. The number of amides is 2. The van der Waals surface area contributed by atoms with Crippen molar-refractivity contribution in [2.75, 3.05) is 13.7 Å². The molecule has 2 aromatic heterocycles. The van der Waals surface area contributed by atoms with Crippen LogP contribution >= 0.6 is 11.3 Å². The molecule has 0 fully saturated rings. The minimum Gasteiger partial charge on any atom is -0.493 e.